The molecular weight excluding hydrogens is 198 g/mol. The number of anilines is 1. The maximum Gasteiger partial charge on any atom is 0.160 e. The quantitative estimate of drug-likeness (QED) is 0.728. The molecule has 0 saturated carbocycles. The van der Waals surface area contributed by atoms with Gasteiger partial charge in [0.25, 0.3) is 0 Å². The first-order valence-corrected chi connectivity index (χ1v) is 4.33. The highest BCUT2D eigenvalue weighted by molar-refractivity contribution is 5.75. The molecule has 4 heteroatoms. The van der Waals surface area contributed by atoms with E-state index in [1.165, 1.54) is 0 Å². The second kappa shape index (κ2) is 3.65. The first-order valence-electron chi connectivity index (χ1n) is 4.33. The van der Waals surface area contributed by atoms with Crippen LogP contribution < -0.4 is 5.73 Å². The lowest BCUT2D eigenvalue weighted by molar-refractivity contribution is 0.509. The third kappa shape index (κ3) is 1.79. The molecule has 0 radical (unpaired) electrons. The van der Waals surface area contributed by atoms with Gasteiger partial charge in [-0.3, -0.25) is 4.98 Å². The van der Waals surface area contributed by atoms with Gasteiger partial charge in [0.05, 0.1) is 0 Å². The minimum absolute atomic E-state index is 0.208. The third-order valence-electron chi connectivity index (χ3n) is 2.08. The molecule has 2 nitrogen and oxygen atoms in total. The number of hydrogen-bond acceptors (Lipinski definition) is 2. The summed E-state index contributed by atoms with van der Waals surface area (Å²) in [6.07, 6.45) is 3.13. The molecule has 0 amide bonds. The zero-order valence-electron chi connectivity index (χ0n) is 7.74. The van der Waals surface area contributed by atoms with Crippen molar-refractivity contribution >= 4 is 5.69 Å². The molecule has 0 bridgehead atoms. The van der Waals surface area contributed by atoms with Gasteiger partial charge in [-0.1, -0.05) is 0 Å². The number of pyridine rings is 1. The van der Waals surface area contributed by atoms with Gasteiger partial charge in [-0.25, -0.2) is 8.78 Å². The molecule has 0 saturated heterocycles. The Bertz CT molecular complexity index is 483. The lowest BCUT2D eigenvalue weighted by Crippen LogP contribution is -1.94. The van der Waals surface area contributed by atoms with Crippen molar-refractivity contribution in [3.63, 3.8) is 0 Å². The molecule has 1 heterocycles. The van der Waals surface area contributed by atoms with E-state index >= 15 is 0 Å². The van der Waals surface area contributed by atoms with Gasteiger partial charge in [0.1, 0.15) is 0 Å². The highest BCUT2D eigenvalue weighted by atomic mass is 19.2. The van der Waals surface area contributed by atoms with Gasteiger partial charge in [0.15, 0.2) is 11.6 Å². The number of hydrogen-bond donors (Lipinski definition) is 1. The van der Waals surface area contributed by atoms with Crippen LogP contribution in [0.15, 0.2) is 36.7 Å². The van der Waals surface area contributed by atoms with Crippen molar-refractivity contribution in [2.45, 2.75) is 0 Å². The van der Waals surface area contributed by atoms with Crippen molar-refractivity contribution in [3.05, 3.63) is 48.3 Å². The molecule has 76 valence electrons. The van der Waals surface area contributed by atoms with Crippen LogP contribution in [0.2, 0.25) is 0 Å². The number of nitrogens with two attached hydrogens (primary N) is 1. The number of benzene rings is 1. The Morgan fingerprint density at radius 2 is 1.60 bits per heavy atom. The second-order valence-electron chi connectivity index (χ2n) is 3.09. The summed E-state index contributed by atoms with van der Waals surface area (Å²) in [4.78, 5) is 3.83. The summed E-state index contributed by atoms with van der Waals surface area (Å²) in [5.74, 6) is -1.85. The molecule has 0 aliphatic carbocycles. The normalized spacial score (nSPS) is 10.3. The van der Waals surface area contributed by atoms with E-state index in [-0.39, 0.29) is 5.69 Å². The molecule has 1 aromatic carbocycles. The van der Waals surface area contributed by atoms with Crippen LogP contribution in [0.25, 0.3) is 11.1 Å². The van der Waals surface area contributed by atoms with E-state index < -0.39 is 11.6 Å². The molecule has 0 unspecified atom stereocenters. The lowest BCUT2D eigenvalue weighted by atomic mass is 10.1. The van der Waals surface area contributed by atoms with Crippen LogP contribution in [0.4, 0.5) is 14.5 Å². The molecule has 2 aromatic rings. The van der Waals surface area contributed by atoms with Crippen LogP contribution in [-0.4, -0.2) is 4.98 Å². The maximum atomic E-state index is 13.0. The Kier molecular flexibility index (Phi) is 2.33. The molecule has 0 aliphatic rings. The Labute approximate surface area is 85.4 Å². The van der Waals surface area contributed by atoms with Crippen molar-refractivity contribution < 1.29 is 8.78 Å². The Balaban J connectivity index is 2.59. The number of nitrogens with zero attached hydrogens (tertiary/aromatic N) is 1. The monoisotopic (exact) mass is 206 g/mol. The fourth-order valence-electron chi connectivity index (χ4n) is 1.34. The molecular formula is C11H8F2N2. The van der Waals surface area contributed by atoms with Crippen molar-refractivity contribution in [1.29, 1.82) is 0 Å². The molecule has 0 fully saturated rings. The van der Waals surface area contributed by atoms with E-state index in [9.17, 15) is 8.78 Å². The smallest absolute Gasteiger partial charge is 0.160 e. The van der Waals surface area contributed by atoms with Crippen molar-refractivity contribution in [1.82, 2.24) is 4.98 Å². The summed E-state index contributed by atoms with van der Waals surface area (Å²) in [5.41, 5.74) is 6.98. The van der Waals surface area contributed by atoms with Gasteiger partial charge < -0.3 is 5.73 Å². The van der Waals surface area contributed by atoms with E-state index in [2.05, 4.69) is 4.98 Å². The van der Waals surface area contributed by atoms with Crippen molar-refractivity contribution in [2.24, 2.45) is 0 Å². The topological polar surface area (TPSA) is 38.9 Å². The standard InChI is InChI=1S/C11H8F2N2/c12-9-5-8(11(14)6-10(9)13)7-1-3-15-4-2-7/h1-6H,14H2. The van der Waals surface area contributed by atoms with Gasteiger partial charge >= 0.3 is 0 Å². The predicted molar refractivity (Wildman–Crippen MR) is 54.0 cm³/mol. The molecule has 0 aliphatic heterocycles. The van der Waals surface area contributed by atoms with E-state index in [4.69, 9.17) is 5.73 Å². The fraction of sp³-hybridized carbons (Fsp3) is 0. The highest BCUT2D eigenvalue weighted by Crippen LogP contribution is 2.27. The van der Waals surface area contributed by atoms with E-state index in [1.807, 2.05) is 0 Å². The molecule has 15 heavy (non-hydrogen) atoms. The number of nitrogen functional groups attached to an aromatic ring is 1. The molecule has 2 rings (SSSR count). The lowest BCUT2D eigenvalue weighted by Gasteiger charge is -2.05. The zero-order valence-corrected chi connectivity index (χ0v) is 7.74. The zero-order chi connectivity index (χ0) is 10.8. The van der Waals surface area contributed by atoms with Gasteiger partial charge in [-0.2, -0.15) is 0 Å². The van der Waals surface area contributed by atoms with Crippen LogP contribution >= 0.6 is 0 Å². The number of aromatic nitrogens is 1. The number of rotatable bonds is 1. The molecule has 0 atom stereocenters. The summed E-state index contributed by atoms with van der Waals surface area (Å²) in [5, 5.41) is 0. The van der Waals surface area contributed by atoms with Crippen molar-refractivity contribution in [2.75, 3.05) is 5.73 Å². The van der Waals surface area contributed by atoms with Crippen LogP contribution in [0.3, 0.4) is 0 Å². The Morgan fingerprint density at radius 3 is 2.27 bits per heavy atom. The van der Waals surface area contributed by atoms with E-state index in [0.717, 1.165) is 12.1 Å². The first kappa shape index (κ1) is 9.58. The highest BCUT2D eigenvalue weighted by Gasteiger charge is 2.08. The molecule has 0 spiro atoms. The van der Waals surface area contributed by atoms with Gasteiger partial charge in [0.2, 0.25) is 0 Å². The summed E-state index contributed by atoms with van der Waals surface area (Å²) < 4.78 is 25.8. The van der Waals surface area contributed by atoms with Gasteiger partial charge in [0, 0.05) is 29.7 Å². The number of halogens is 2. The van der Waals surface area contributed by atoms with Crippen LogP contribution in [-0.2, 0) is 0 Å². The van der Waals surface area contributed by atoms with Crippen LogP contribution in [0.1, 0.15) is 0 Å². The predicted octanol–water partition coefficient (Wildman–Crippen LogP) is 2.61. The Hall–Kier alpha value is -1.97. The third-order valence-corrected chi connectivity index (χ3v) is 2.08. The fourth-order valence-corrected chi connectivity index (χ4v) is 1.34. The minimum atomic E-state index is -0.940. The van der Waals surface area contributed by atoms with Gasteiger partial charge in [-0.05, 0) is 23.8 Å². The van der Waals surface area contributed by atoms with E-state index in [1.54, 1.807) is 24.5 Å². The Morgan fingerprint density at radius 1 is 1.00 bits per heavy atom. The van der Waals surface area contributed by atoms with Crippen LogP contribution in [0, 0.1) is 11.6 Å². The van der Waals surface area contributed by atoms with Crippen LogP contribution in [0.5, 0.6) is 0 Å². The maximum absolute atomic E-state index is 13.0. The summed E-state index contributed by atoms with van der Waals surface area (Å²) in [7, 11) is 0. The average molecular weight is 206 g/mol. The summed E-state index contributed by atoms with van der Waals surface area (Å²) in [6, 6.07) is 5.43. The largest absolute Gasteiger partial charge is 0.398 e. The minimum Gasteiger partial charge on any atom is -0.398 e. The average Bonchev–Trinajstić information content (AvgIpc) is 2.25. The summed E-state index contributed by atoms with van der Waals surface area (Å²) >= 11 is 0. The first-order chi connectivity index (χ1) is 7.18. The SMILES string of the molecule is Nc1cc(F)c(F)cc1-c1ccncc1. The van der Waals surface area contributed by atoms with Gasteiger partial charge in [-0.15, -0.1) is 0 Å². The summed E-state index contributed by atoms with van der Waals surface area (Å²) in [6.45, 7) is 0. The van der Waals surface area contributed by atoms with Crippen molar-refractivity contribution in [3.8, 4) is 11.1 Å². The molecule has 1 aromatic heterocycles. The second-order valence-corrected chi connectivity index (χ2v) is 3.09. The molecule has 2 N–H and O–H groups in total. The van der Waals surface area contributed by atoms with E-state index in [0.29, 0.717) is 11.1 Å².